The van der Waals surface area contributed by atoms with Crippen LogP contribution in [0.25, 0.3) is 0 Å². The quantitative estimate of drug-likeness (QED) is 0.710. The van der Waals surface area contributed by atoms with Gasteiger partial charge < -0.3 is 16.0 Å². The first-order valence-corrected chi connectivity index (χ1v) is 8.93. The van der Waals surface area contributed by atoms with E-state index in [-0.39, 0.29) is 36.0 Å². The molecule has 3 rings (SSSR count). The van der Waals surface area contributed by atoms with Crippen LogP contribution in [0.3, 0.4) is 0 Å². The van der Waals surface area contributed by atoms with Gasteiger partial charge in [-0.25, -0.2) is 0 Å². The van der Waals surface area contributed by atoms with Crippen molar-refractivity contribution in [3.8, 4) is 0 Å². The summed E-state index contributed by atoms with van der Waals surface area (Å²) in [7, 11) is 0. The van der Waals surface area contributed by atoms with E-state index in [1.54, 1.807) is 6.07 Å². The van der Waals surface area contributed by atoms with Gasteiger partial charge in [0.15, 0.2) is 0 Å². The Labute approximate surface area is 147 Å². The summed E-state index contributed by atoms with van der Waals surface area (Å²) in [5, 5.41) is 8.54. The molecule has 2 unspecified atom stereocenters. The lowest BCUT2D eigenvalue weighted by atomic mass is 10.1. The lowest BCUT2D eigenvalue weighted by Crippen LogP contribution is -2.29. The van der Waals surface area contributed by atoms with E-state index in [0.717, 1.165) is 24.8 Å². The molecular weight excluding hydrogens is 318 g/mol. The number of hydrogen-bond donors (Lipinski definition) is 3. The first kappa shape index (κ1) is 17.5. The minimum Gasteiger partial charge on any atom is -0.355 e. The molecule has 1 aromatic carbocycles. The van der Waals surface area contributed by atoms with E-state index >= 15 is 0 Å². The zero-order valence-corrected chi connectivity index (χ0v) is 14.7. The molecule has 134 valence electrons. The van der Waals surface area contributed by atoms with E-state index in [0.29, 0.717) is 23.8 Å². The molecule has 2 saturated carbocycles. The second kappa shape index (κ2) is 7.25. The second-order valence-electron chi connectivity index (χ2n) is 7.20. The third-order valence-corrected chi connectivity index (χ3v) is 4.82. The Bertz CT molecular complexity index is 697. The van der Waals surface area contributed by atoms with Crippen LogP contribution in [0.1, 0.15) is 38.2 Å². The Morgan fingerprint density at radius 2 is 1.84 bits per heavy atom. The van der Waals surface area contributed by atoms with Gasteiger partial charge >= 0.3 is 0 Å². The van der Waals surface area contributed by atoms with Gasteiger partial charge in [-0.15, -0.1) is 0 Å². The SMILES string of the molecule is Cc1ccc(NC(=O)C2CC2)cc1NC(=O)CCNC(=O)C1CC1C. The Morgan fingerprint density at radius 3 is 2.48 bits per heavy atom. The normalized spacial score (nSPS) is 21.4. The number of rotatable bonds is 7. The molecule has 3 amide bonds. The van der Waals surface area contributed by atoms with Gasteiger partial charge in [0.2, 0.25) is 17.7 Å². The molecule has 2 aliphatic rings. The number of hydrogen-bond acceptors (Lipinski definition) is 3. The van der Waals surface area contributed by atoms with Gasteiger partial charge in [-0.05, 0) is 49.8 Å². The van der Waals surface area contributed by atoms with Crippen LogP contribution in [0.15, 0.2) is 18.2 Å². The van der Waals surface area contributed by atoms with Crippen LogP contribution in [-0.2, 0) is 14.4 Å². The molecule has 2 atom stereocenters. The molecule has 6 heteroatoms. The highest BCUT2D eigenvalue weighted by Gasteiger charge is 2.38. The van der Waals surface area contributed by atoms with E-state index in [4.69, 9.17) is 0 Å². The molecule has 0 radical (unpaired) electrons. The first-order chi connectivity index (χ1) is 11.9. The van der Waals surface area contributed by atoms with Crippen molar-refractivity contribution in [3.63, 3.8) is 0 Å². The van der Waals surface area contributed by atoms with Gasteiger partial charge in [0.25, 0.3) is 0 Å². The van der Waals surface area contributed by atoms with Crippen LogP contribution in [0.5, 0.6) is 0 Å². The molecular formula is C19H25N3O3. The average molecular weight is 343 g/mol. The fourth-order valence-corrected chi connectivity index (χ4v) is 2.75. The molecule has 25 heavy (non-hydrogen) atoms. The Morgan fingerprint density at radius 1 is 1.12 bits per heavy atom. The summed E-state index contributed by atoms with van der Waals surface area (Å²) in [4.78, 5) is 35.7. The maximum Gasteiger partial charge on any atom is 0.227 e. The molecule has 3 N–H and O–H groups in total. The molecule has 1 aromatic rings. The van der Waals surface area contributed by atoms with Crippen molar-refractivity contribution in [2.75, 3.05) is 17.2 Å². The predicted octanol–water partition coefficient (Wildman–Crippen LogP) is 2.44. The summed E-state index contributed by atoms with van der Waals surface area (Å²) in [5.41, 5.74) is 2.29. The zero-order chi connectivity index (χ0) is 18.0. The van der Waals surface area contributed by atoms with Gasteiger partial charge in [0, 0.05) is 36.2 Å². The summed E-state index contributed by atoms with van der Waals surface area (Å²) in [6.45, 7) is 4.29. The van der Waals surface area contributed by atoms with E-state index in [9.17, 15) is 14.4 Å². The molecule has 0 aliphatic heterocycles. The molecule has 0 bridgehead atoms. The van der Waals surface area contributed by atoms with Crippen molar-refractivity contribution in [1.29, 1.82) is 0 Å². The highest BCUT2D eigenvalue weighted by atomic mass is 16.2. The van der Waals surface area contributed by atoms with Crippen LogP contribution in [0, 0.1) is 24.7 Å². The molecule has 2 aliphatic carbocycles. The topological polar surface area (TPSA) is 87.3 Å². The second-order valence-corrected chi connectivity index (χ2v) is 7.20. The maximum absolute atomic E-state index is 12.1. The summed E-state index contributed by atoms with van der Waals surface area (Å²) in [6, 6.07) is 5.48. The van der Waals surface area contributed by atoms with E-state index in [1.807, 2.05) is 19.1 Å². The molecule has 0 aromatic heterocycles. The van der Waals surface area contributed by atoms with E-state index in [1.165, 1.54) is 0 Å². The molecule has 0 heterocycles. The number of carbonyl (C=O) groups excluding carboxylic acids is 3. The standard InChI is InChI=1S/C19H25N3O3/c1-11-3-6-14(21-18(24)13-4-5-13)10-16(11)22-17(23)7-8-20-19(25)15-9-12(15)2/h3,6,10,12-13,15H,4-5,7-9H2,1-2H3,(H,20,25)(H,21,24)(H,22,23). The average Bonchev–Trinajstić information content (AvgIpc) is 3.45. The van der Waals surface area contributed by atoms with Crippen LogP contribution < -0.4 is 16.0 Å². The van der Waals surface area contributed by atoms with Crippen LogP contribution >= 0.6 is 0 Å². The molecule has 0 saturated heterocycles. The van der Waals surface area contributed by atoms with Gasteiger partial charge in [-0.2, -0.15) is 0 Å². The predicted molar refractivity (Wildman–Crippen MR) is 96.1 cm³/mol. The number of anilines is 2. The Hall–Kier alpha value is -2.37. The Kier molecular flexibility index (Phi) is 5.06. The third kappa shape index (κ3) is 4.81. The van der Waals surface area contributed by atoms with Crippen molar-refractivity contribution >= 4 is 29.1 Å². The first-order valence-electron chi connectivity index (χ1n) is 8.93. The largest absolute Gasteiger partial charge is 0.355 e. The van der Waals surface area contributed by atoms with Crippen LogP contribution in [0.4, 0.5) is 11.4 Å². The number of carbonyl (C=O) groups is 3. The summed E-state index contributed by atoms with van der Waals surface area (Å²) < 4.78 is 0. The molecule has 2 fully saturated rings. The fourth-order valence-electron chi connectivity index (χ4n) is 2.75. The van der Waals surface area contributed by atoms with Crippen LogP contribution in [0.2, 0.25) is 0 Å². The lowest BCUT2D eigenvalue weighted by molar-refractivity contribution is -0.122. The zero-order valence-electron chi connectivity index (χ0n) is 14.7. The Balaban J connectivity index is 1.47. The summed E-state index contributed by atoms with van der Waals surface area (Å²) in [5.74, 6) is 0.650. The lowest BCUT2D eigenvalue weighted by Gasteiger charge is -2.12. The molecule has 0 spiro atoms. The fraction of sp³-hybridized carbons (Fsp3) is 0.526. The highest BCUT2D eigenvalue weighted by Crippen LogP contribution is 2.37. The maximum atomic E-state index is 12.1. The number of benzene rings is 1. The van der Waals surface area contributed by atoms with Crippen molar-refractivity contribution in [2.45, 2.75) is 39.5 Å². The highest BCUT2D eigenvalue weighted by molar-refractivity contribution is 5.96. The number of aryl methyl sites for hydroxylation is 1. The minimum absolute atomic E-state index is 0.0400. The molecule has 6 nitrogen and oxygen atoms in total. The summed E-state index contributed by atoms with van der Waals surface area (Å²) in [6.07, 6.45) is 3.07. The van der Waals surface area contributed by atoms with Gasteiger partial charge in [0.1, 0.15) is 0 Å². The number of nitrogens with one attached hydrogen (secondary N) is 3. The monoisotopic (exact) mass is 343 g/mol. The smallest absolute Gasteiger partial charge is 0.227 e. The van der Waals surface area contributed by atoms with Crippen LogP contribution in [-0.4, -0.2) is 24.3 Å². The van der Waals surface area contributed by atoms with Gasteiger partial charge in [0.05, 0.1) is 0 Å². The summed E-state index contributed by atoms with van der Waals surface area (Å²) >= 11 is 0. The van der Waals surface area contributed by atoms with Crippen molar-refractivity contribution < 1.29 is 14.4 Å². The van der Waals surface area contributed by atoms with E-state index in [2.05, 4.69) is 22.9 Å². The van der Waals surface area contributed by atoms with Crippen molar-refractivity contribution in [2.24, 2.45) is 17.8 Å². The van der Waals surface area contributed by atoms with E-state index < -0.39 is 0 Å². The van der Waals surface area contributed by atoms with Crippen molar-refractivity contribution in [1.82, 2.24) is 5.32 Å². The van der Waals surface area contributed by atoms with Gasteiger partial charge in [-0.3, -0.25) is 14.4 Å². The third-order valence-electron chi connectivity index (χ3n) is 4.82. The minimum atomic E-state index is -0.155. The van der Waals surface area contributed by atoms with Crippen molar-refractivity contribution in [3.05, 3.63) is 23.8 Å². The number of amides is 3. The van der Waals surface area contributed by atoms with Gasteiger partial charge in [-0.1, -0.05) is 13.0 Å².